The Kier molecular flexibility index (Phi) is 8.18. The molecular weight excluding hydrogens is 545 g/mol. The maximum absolute atomic E-state index is 5.53. The van der Waals surface area contributed by atoms with Gasteiger partial charge < -0.3 is 0 Å². The first-order valence-electron chi connectivity index (χ1n) is 9.30. The standard InChI is InChI=1S/3C8H9O.Bi/c3*1-9-7-8-5-3-2-4-6-8;/h3*2-5H,7H2,1H3;. The van der Waals surface area contributed by atoms with E-state index in [9.17, 15) is 0 Å². The molecule has 3 aromatic carbocycles. The molecule has 0 radical (unpaired) electrons. The molecule has 4 heteroatoms. The van der Waals surface area contributed by atoms with Crippen molar-refractivity contribution in [3.8, 4) is 0 Å². The van der Waals surface area contributed by atoms with Gasteiger partial charge in [-0.25, -0.2) is 0 Å². The molecule has 0 aliphatic rings. The summed E-state index contributed by atoms with van der Waals surface area (Å²) in [5, 5.41) is 0. The molecule has 0 bridgehead atoms. The topological polar surface area (TPSA) is 27.7 Å². The summed E-state index contributed by atoms with van der Waals surface area (Å²) in [6.45, 7) is 1.88. The van der Waals surface area contributed by atoms with Crippen molar-refractivity contribution in [3.63, 3.8) is 0 Å². The quantitative estimate of drug-likeness (QED) is 0.370. The molecule has 0 saturated heterocycles. The second kappa shape index (κ2) is 10.8. The summed E-state index contributed by atoms with van der Waals surface area (Å²) in [5.74, 6) is 0. The predicted molar refractivity (Wildman–Crippen MR) is 116 cm³/mol. The Balaban J connectivity index is 2.25. The van der Waals surface area contributed by atoms with E-state index in [1.807, 2.05) is 0 Å². The van der Waals surface area contributed by atoms with E-state index in [1.54, 1.807) is 21.3 Å². The Morgan fingerprint density at radius 1 is 0.500 bits per heavy atom. The zero-order valence-corrected chi connectivity index (χ0v) is 20.2. The van der Waals surface area contributed by atoms with Gasteiger partial charge in [-0.3, -0.25) is 0 Å². The maximum atomic E-state index is 5.53. The van der Waals surface area contributed by atoms with Crippen molar-refractivity contribution < 1.29 is 14.2 Å². The molecule has 146 valence electrons. The number of hydrogen-bond donors (Lipinski definition) is 0. The molecule has 0 unspecified atom stereocenters. The van der Waals surface area contributed by atoms with Gasteiger partial charge >= 0.3 is 176 Å². The van der Waals surface area contributed by atoms with Gasteiger partial charge in [0.25, 0.3) is 0 Å². The van der Waals surface area contributed by atoms with Crippen molar-refractivity contribution in [1.29, 1.82) is 0 Å². The Morgan fingerprint density at radius 2 is 0.786 bits per heavy atom. The van der Waals surface area contributed by atoms with Crippen molar-refractivity contribution in [2.45, 2.75) is 19.8 Å². The fraction of sp³-hybridized carbons (Fsp3) is 0.250. The van der Waals surface area contributed by atoms with Gasteiger partial charge in [0.15, 0.2) is 0 Å². The van der Waals surface area contributed by atoms with Gasteiger partial charge in [-0.1, -0.05) is 0 Å². The zero-order valence-electron chi connectivity index (χ0n) is 16.7. The molecule has 0 saturated carbocycles. The van der Waals surface area contributed by atoms with Crippen LogP contribution in [0.4, 0.5) is 0 Å². The molecule has 0 fully saturated rings. The molecule has 0 amide bonds. The molecule has 0 heterocycles. The van der Waals surface area contributed by atoms with Crippen LogP contribution in [0.15, 0.2) is 72.8 Å². The van der Waals surface area contributed by atoms with Gasteiger partial charge in [0.1, 0.15) is 0 Å². The molecule has 0 aromatic heterocycles. The summed E-state index contributed by atoms with van der Waals surface area (Å²) in [6.07, 6.45) is 0. The molecule has 3 rings (SSSR count). The van der Waals surface area contributed by atoms with E-state index in [0.717, 1.165) is 0 Å². The van der Waals surface area contributed by atoms with Gasteiger partial charge in [0, 0.05) is 0 Å². The molecule has 0 spiro atoms. The number of ether oxygens (including phenoxy) is 3. The van der Waals surface area contributed by atoms with E-state index in [4.69, 9.17) is 14.2 Å². The average Bonchev–Trinajstić information content (AvgIpc) is 2.72. The van der Waals surface area contributed by atoms with Gasteiger partial charge in [-0.15, -0.1) is 0 Å². The van der Waals surface area contributed by atoms with E-state index in [1.165, 1.54) is 26.5 Å². The second-order valence-corrected chi connectivity index (χ2v) is 14.7. The average molecular weight is 572 g/mol. The second-order valence-electron chi connectivity index (χ2n) is 6.52. The summed E-state index contributed by atoms with van der Waals surface area (Å²) < 4.78 is 20.9. The van der Waals surface area contributed by atoms with Gasteiger partial charge in [-0.05, 0) is 0 Å². The summed E-state index contributed by atoms with van der Waals surface area (Å²) in [4.78, 5) is 0. The predicted octanol–water partition coefficient (Wildman–Crippen LogP) is 2.64. The number of rotatable bonds is 9. The molecule has 0 N–H and O–H groups in total. The molecule has 28 heavy (non-hydrogen) atoms. The summed E-state index contributed by atoms with van der Waals surface area (Å²) >= 11 is -2.62. The first-order chi connectivity index (χ1) is 13.8. The van der Waals surface area contributed by atoms with Crippen LogP contribution in [0.1, 0.15) is 16.7 Å². The fourth-order valence-corrected chi connectivity index (χ4v) is 14.1. The Labute approximate surface area is 175 Å². The molecule has 3 nitrogen and oxygen atoms in total. The van der Waals surface area contributed by atoms with Crippen molar-refractivity contribution in [3.05, 3.63) is 89.5 Å². The van der Waals surface area contributed by atoms with Crippen LogP contribution in [0.25, 0.3) is 0 Å². The number of methoxy groups -OCH3 is 3. The minimum absolute atomic E-state index is 0.626. The molecule has 3 aromatic rings. The van der Waals surface area contributed by atoms with Crippen molar-refractivity contribution >= 4 is 31.6 Å². The SMILES string of the molecule is COCc1cccc[c]1[Bi]([c]1ccccc1COC)[c]1ccccc1COC. The third-order valence-corrected chi connectivity index (χ3v) is 15.3. The van der Waals surface area contributed by atoms with Crippen LogP contribution in [0, 0.1) is 0 Å². The fourth-order valence-electron chi connectivity index (χ4n) is 3.41. The van der Waals surface area contributed by atoms with Crippen LogP contribution < -0.4 is 9.81 Å². The van der Waals surface area contributed by atoms with Crippen molar-refractivity contribution in [1.82, 2.24) is 0 Å². The summed E-state index contributed by atoms with van der Waals surface area (Å²) in [7, 11) is 5.29. The van der Waals surface area contributed by atoms with E-state index < -0.39 is 21.8 Å². The Hall–Kier alpha value is -1.58. The Bertz CT molecular complexity index is 777. The van der Waals surface area contributed by atoms with Gasteiger partial charge in [0.2, 0.25) is 0 Å². The van der Waals surface area contributed by atoms with E-state index in [2.05, 4.69) is 72.8 Å². The molecule has 0 aliphatic carbocycles. The summed E-state index contributed by atoms with van der Waals surface area (Å²) in [5.41, 5.74) is 3.84. The van der Waals surface area contributed by atoms with Crippen LogP contribution in [0.5, 0.6) is 0 Å². The normalized spacial score (nSPS) is 11.1. The molecular formula is C24H27BiO3. The first-order valence-corrected chi connectivity index (χ1v) is 14.5. The minimum atomic E-state index is -2.62. The van der Waals surface area contributed by atoms with Gasteiger partial charge in [-0.2, -0.15) is 0 Å². The number of hydrogen-bond acceptors (Lipinski definition) is 3. The Morgan fingerprint density at radius 3 is 1.07 bits per heavy atom. The third kappa shape index (κ3) is 4.88. The van der Waals surface area contributed by atoms with E-state index in [0.29, 0.717) is 19.8 Å². The molecule has 0 atom stereocenters. The van der Waals surface area contributed by atoms with E-state index in [-0.39, 0.29) is 0 Å². The zero-order chi connectivity index (χ0) is 19.8. The van der Waals surface area contributed by atoms with Crippen molar-refractivity contribution in [2.24, 2.45) is 0 Å². The monoisotopic (exact) mass is 572 g/mol. The van der Waals surface area contributed by atoms with Crippen molar-refractivity contribution in [2.75, 3.05) is 21.3 Å². The van der Waals surface area contributed by atoms with Crippen LogP contribution in [0.3, 0.4) is 0 Å². The number of benzene rings is 3. The first kappa shape index (κ1) is 21.1. The molecule has 0 aliphatic heterocycles. The third-order valence-electron chi connectivity index (χ3n) is 4.60. The van der Waals surface area contributed by atoms with Crippen LogP contribution in [-0.2, 0) is 34.0 Å². The van der Waals surface area contributed by atoms with Crippen LogP contribution in [0.2, 0.25) is 0 Å². The van der Waals surface area contributed by atoms with Gasteiger partial charge in [0.05, 0.1) is 0 Å². The van der Waals surface area contributed by atoms with E-state index >= 15 is 0 Å². The van der Waals surface area contributed by atoms with Crippen LogP contribution >= 0.6 is 0 Å². The summed E-state index contributed by atoms with van der Waals surface area (Å²) in [6, 6.07) is 26.2. The van der Waals surface area contributed by atoms with Crippen LogP contribution in [-0.4, -0.2) is 43.1 Å².